The number of hydrogen-bond acceptors (Lipinski definition) is 2. The van der Waals surface area contributed by atoms with E-state index in [1.54, 1.807) is 0 Å². The van der Waals surface area contributed by atoms with Crippen LogP contribution in [0, 0.1) is 5.92 Å². The average molecular weight is 286 g/mol. The van der Waals surface area contributed by atoms with E-state index >= 15 is 0 Å². The quantitative estimate of drug-likeness (QED) is 0.574. The fourth-order valence-corrected chi connectivity index (χ4v) is 2.42. The van der Waals surface area contributed by atoms with Crippen molar-refractivity contribution in [2.24, 2.45) is 5.92 Å². The molecule has 2 atom stereocenters. The monoisotopic (exact) mass is 284 g/mol. The zero-order valence-electron chi connectivity index (χ0n) is 6.43. The zero-order chi connectivity index (χ0) is 8.65. The molecule has 64 valence electrons. The van der Waals surface area contributed by atoms with E-state index in [1.165, 1.54) is 0 Å². The lowest BCUT2D eigenvalue weighted by Gasteiger charge is -2.43. The van der Waals surface area contributed by atoms with Crippen molar-refractivity contribution in [3.05, 3.63) is 0 Å². The van der Waals surface area contributed by atoms with Gasteiger partial charge in [0.05, 0.1) is 0 Å². The van der Waals surface area contributed by atoms with Crippen molar-refractivity contribution in [1.29, 1.82) is 0 Å². The van der Waals surface area contributed by atoms with Gasteiger partial charge in [-0.05, 0) is 5.92 Å². The van der Waals surface area contributed by atoms with Gasteiger partial charge in [-0.2, -0.15) is 0 Å². The van der Waals surface area contributed by atoms with E-state index in [4.69, 9.17) is 4.74 Å². The first kappa shape index (κ1) is 9.52. The Bertz CT molecular complexity index is 181. The Labute approximate surface area is 82.9 Å². The van der Waals surface area contributed by atoms with Crippen LogP contribution in [0.25, 0.3) is 0 Å². The Morgan fingerprint density at radius 1 is 1.73 bits per heavy atom. The van der Waals surface area contributed by atoms with Gasteiger partial charge in [0.2, 0.25) is 0 Å². The van der Waals surface area contributed by atoms with Gasteiger partial charge in [0.1, 0.15) is 6.10 Å². The van der Waals surface area contributed by atoms with E-state index in [2.05, 4.69) is 31.9 Å². The summed E-state index contributed by atoms with van der Waals surface area (Å²) in [6.07, 6.45) is 0.00868. The maximum absolute atomic E-state index is 11.0. The summed E-state index contributed by atoms with van der Waals surface area (Å²) >= 11 is 6.66. The molecule has 0 amide bonds. The standard InChI is InChI=1S/C7H10Br2O2/c1-4(2)5-7(9,3-8)6(10)11-5/h4-5H,3H2,1-2H3/t5-,7-/m1/s1. The van der Waals surface area contributed by atoms with Crippen molar-refractivity contribution < 1.29 is 9.53 Å². The third-order valence-electron chi connectivity index (χ3n) is 1.82. The first-order valence-electron chi connectivity index (χ1n) is 3.48. The Balaban J connectivity index is 2.68. The highest BCUT2D eigenvalue weighted by Crippen LogP contribution is 2.41. The molecule has 0 unspecified atom stereocenters. The van der Waals surface area contributed by atoms with Crippen LogP contribution in [0.1, 0.15) is 13.8 Å². The molecule has 1 saturated heterocycles. The molecule has 0 saturated carbocycles. The van der Waals surface area contributed by atoms with Crippen LogP contribution in [0.4, 0.5) is 0 Å². The van der Waals surface area contributed by atoms with Gasteiger partial charge in [-0.25, -0.2) is 0 Å². The second kappa shape index (κ2) is 3.05. The molecule has 1 aliphatic heterocycles. The second-order valence-corrected chi connectivity index (χ2v) is 5.04. The van der Waals surface area contributed by atoms with Gasteiger partial charge < -0.3 is 4.74 Å². The molecule has 1 rings (SSSR count). The Morgan fingerprint density at radius 2 is 2.27 bits per heavy atom. The molecule has 0 radical (unpaired) electrons. The fourth-order valence-electron chi connectivity index (χ4n) is 1.16. The minimum Gasteiger partial charge on any atom is -0.459 e. The maximum Gasteiger partial charge on any atom is 0.327 e. The zero-order valence-corrected chi connectivity index (χ0v) is 9.61. The van der Waals surface area contributed by atoms with Crippen LogP contribution < -0.4 is 0 Å². The van der Waals surface area contributed by atoms with Crippen LogP contribution in [0.2, 0.25) is 0 Å². The maximum atomic E-state index is 11.0. The molecule has 2 nitrogen and oxygen atoms in total. The molecule has 1 fully saturated rings. The van der Waals surface area contributed by atoms with E-state index in [0.717, 1.165) is 0 Å². The van der Waals surface area contributed by atoms with Crippen molar-refractivity contribution in [2.75, 3.05) is 5.33 Å². The minimum absolute atomic E-state index is 0.00868. The van der Waals surface area contributed by atoms with Gasteiger partial charge in [-0.1, -0.05) is 45.7 Å². The first-order valence-corrected chi connectivity index (χ1v) is 5.39. The van der Waals surface area contributed by atoms with Crippen LogP contribution in [0.15, 0.2) is 0 Å². The van der Waals surface area contributed by atoms with Crippen molar-refractivity contribution in [3.63, 3.8) is 0 Å². The van der Waals surface area contributed by atoms with Crippen LogP contribution in [0.5, 0.6) is 0 Å². The molecule has 0 bridgehead atoms. The van der Waals surface area contributed by atoms with Crippen molar-refractivity contribution in [2.45, 2.75) is 24.3 Å². The van der Waals surface area contributed by atoms with Gasteiger partial charge in [0.25, 0.3) is 0 Å². The molecule has 4 heteroatoms. The summed E-state index contributed by atoms with van der Waals surface area (Å²) in [5.74, 6) is 0.206. The summed E-state index contributed by atoms with van der Waals surface area (Å²) < 4.78 is 4.52. The smallest absolute Gasteiger partial charge is 0.327 e. The molecule has 0 spiro atoms. The molecular weight excluding hydrogens is 276 g/mol. The summed E-state index contributed by atoms with van der Waals surface area (Å²) in [7, 11) is 0. The Morgan fingerprint density at radius 3 is 2.45 bits per heavy atom. The molecule has 0 aliphatic carbocycles. The summed E-state index contributed by atoms with van der Waals surface area (Å²) in [6.45, 7) is 4.07. The highest BCUT2D eigenvalue weighted by Gasteiger charge is 2.56. The average Bonchev–Trinajstić information content (AvgIpc) is 1.97. The summed E-state index contributed by atoms with van der Waals surface area (Å²) in [5, 5.41) is 0.613. The number of alkyl halides is 2. The highest BCUT2D eigenvalue weighted by molar-refractivity contribution is 9.12. The molecule has 0 N–H and O–H groups in total. The van der Waals surface area contributed by atoms with Crippen LogP contribution >= 0.6 is 31.9 Å². The van der Waals surface area contributed by atoms with Gasteiger partial charge in [0.15, 0.2) is 4.32 Å². The summed E-state index contributed by atoms with van der Waals surface area (Å²) in [6, 6.07) is 0. The molecule has 0 aromatic carbocycles. The van der Waals surface area contributed by atoms with Crippen molar-refractivity contribution in [3.8, 4) is 0 Å². The Kier molecular flexibility index (Phi) is 2.64. The number of carbonyl (C=O) groups is 1. The van der Waals surface area contributed by atoms with Crippen LogP contribution in [-0.2, 0) is 9.53 Å². The lowest BCUT2D eigenvalue weighted by Crippen LogP contribution is -2.61. The third-order valence-corrected chi connectivity index (χ3v) is 4.52. The van der Waals surface area contributed by atoms with Crippen molar-refractivity contribution in [1.82, 2.24) is 0 Å². The fraction of sp³-hybridized carbons (Fsp3) is 0.857. The first-order chi connectivity index (χ1) is 5.02. The van der Waals surface area contributed by atoms with Crippen molar-refractivity contribution >= 4 is 37.8 Å². The van der Waals surface area contributed by atoms with E-state index < -0.39 is 4.32 Å². The predicted molar refractivity (Wildman–Crippen MR) is 50.2 cm³/mol. The van der Waals surface area contributed by atoms with Gasteiger partial charge in [0, 0.05) is 5.33 Å². The van der Waals surface area contributed by atoms with Crippen LogP contribution in [-0.4, -0.2) is 21.7 Å². The SMILES string of the molecule is CC(C)[C@H]1OC(=O)[C@@]1(Br)CBr. The predicted octanol–water partition coefficient (Wildman–Crippen LogP) is 2.10. The summed E-state index contributed by atoms with van der Waals surface area (Å²) in [5.41, 5.74) is 0. The van der Waals surface area contributed by atoms with Crippen LogP contribution in [0.3, 0.4) is 0 Å². The number of ether oxygens (including phenoxy) is 1. The molecule has 1 aliphatic rings. The van der Waals surface area contributed by atoms with Gasteiger partial charge in [-0.15, -0.1) is 0 Å². The molecule has 1 heterocycles. The molecule has 0 aromatic heterocycles. The lowest BCUT2D eigenvalue weighted by atomic mass is 9.90. The van der Waals surface area contributed by atoms with E-state index in [-0.39, 0.29) is 12.1 Å². The third kappa shape index (κ3) is 1.35. The summed E-state index contributed by atoms with van der Waals surface area (Å²) in [4.78, 5) is 11.0. The minimum atomic E-state index is -0.471. The number of hydrogen-bond donors (Lipinski definition) is 0. The number of rotatable bonds is 2. The Hall–Kier alpha value is 0.430. The van der Waals surface area contributed by atoms with E-state index in [9.17, 15) is 4.79 Å². The molecule has 11 heavy (non-hydrogen) atoms. The topological polar surface area (TPSA) is 26.3 Å². The number of halogens is 2. The highest BCUT2D eigenvalue weighted by atomic mass is 79.9. The number of esters is 1. The van der Waals surface area contributed by atoms with Gasteiger partial charge in [-0.3, -0.25) is 4.79 Å². The number of carbonyl (C=O) groups excluding carboxylic acids is 1. The van der Waals surface area contributed by atoms with E-state index in [1.807, 2.05) is 13.8 Å². The lowest BCUT2D eigenvalue weighted by molar-refractivity contribution is -0.180. The molecule has 0 aromatic rings. The second-order valence-electron chi connectivity index (χ2n) is 3.07. The van der Waals surface area contributed by atoms with Gasteiger partial charge >= 0.3 is 5.97 Å². The van der Waals surface area contributed by atoms with E-state index in [0.29, 0.717) is 11.2 Å². The normalized spacial score (nSPS) is 36.8. The number of cyclic esters (lactones) is 1. The largest absolute Gasteiger partial charge is 0.459 e. The molecular formula is C7H10Br2O2.